The van der Waals surface area contributed by atoms with Crippen LogP contribution in [0.4, 0.5) is 5.69 Å². The normalized spacial score (nSPS) is 13.4. The van der Waals surface area contributed by atoms with E-state index >= 15 is 0 Å². The monoisotopic (exact) mass is 432 g/mol. The first-order valence-electron chi connectivity index (χ1n) is 10.0. The molecule has 2 atom stereocenters. The van der Waals surface area contributed by atoms with Crippen LogP contribution in [-0.4, -0.2) is 33.7 Å². The number of carbonyl (C=O) groups excluding carboxylic acids is 1. The topological polar surface area (TPSA) is 75.7 Å². The lowest BCUT2D eigenvalue weighted by Gasteiger charge is -2.31. The molecule has 0 aliphatic heterocycles. The van der Waals surface area contributed by atoms with Crippen molar-refractivity contribution in [2.75, 3.05) is 17.7 Å². The Morgan fingerprint density at radius 1 is 1.10 bits per heavy atom. The van der Waals surface area contributed by atoms with E-state index < -0.39 is 16.1 Å². The van der Waals surface area contributed by atoms with Crippen molar-refractivity contribution in [3.63, 3.8) is 0 Å². The molecule has 0 saturated heterocycles. The molecule has 2 unspecified atom stereocenters. The molecule has 0 fully saturated rings. The van der Waals surface area contributed by atoms with Gasteiger partial charge in [0, 0.05) is 0 Å². The first kappa shape index (κ1) is 23.7. The van der Waals surface area contributed by atoms with Crippen LogP contribution in [0.2, 0.25) is 0 Å². The summed E-state index contributed by atoms with van der Waals surface area (Å²) in [7, 11) is -2.26. The lowest BCUT2D eigenvalue weighted by molar-refractivity contribution is -0.122. The second-order valence-corrected chi connectivity index (χ2v) is 9.58. The average Bonchev–Trinajstić information content (AvgIpc) is 2.67. The van der Waals surface area contributed by atoms with Gasteiger partial charge in [0.1, 0.15) is 11.8 Å². The third kappa shape index (κ3) is 5.33. The van der Waals surface area contributed by atoms with Gasteiger partial charge in [0.25, 0.3) is 0 Å². The zero-order valence-electron chi connectivity index (χ0n) is 18.8. The van der Waals surface area contributed by atoms with Crippen molar-refractivity contribution < 1.29 is 17.9 Å². The molecule has 164 valence electrons. The van der Waals surface area contributed by atoms with E-state index in [1.54, 1.807) is 19.1 Å². The quantitative estimate of drug-likeness (QED) is 0.683. The van der Waals surface area contributed by atoms with Gasteiger partial charge in [0.15, 0.2) is 0 Å². The van der Waals surface area contributed by atoms with Gasteiger partial charge in [-0.15, -0.1) is 0 Å². The molecule has 30 heavy (non-hydrogen) atoms. The van der Waals surface area contributed by atoms with Gasteiger partial charge in [-0.2, -0.15) is 0 Å². The number of amides is 1. The van der Waals surface area contributed by atoms with Crippen molar-refractivity contribution in [3.8, 4) is 5.75 Å². The Bertz CT molecular complexity index is 1020. The van der Waals surface area contributed by atoms with Crippen molar-refractivity contribution in [2.24, 2.45) is 0 Å². The van der Waals surface area contributed by atoms with Crippen LogP contribution < -0.4 is 14.4 Å². The molecule has 0 aromatic heterocycles. The molecule has 0 heterocycles. The summed E-state index contributed by atoms with van der Waals surface area (Å²) < 4.78 is 31.8. The van der Waals surface area contributed by atoms with Gasteiger partial charge in [-0.05, 0) is 68.5 Å². The number of sulfonamides is 1. The number of anilines is 1. The van der Waals surface area contributed by atoms with Crippen molar-refractivity contribution >= 4 is 21.6 Å². The second-order valence-electron chi connectivity index (χ2n) is 7.72. The SMILES string of the molecule is CCC(NC(=O)C(C)N(c1cc(C)ccc1OC)S(C)(=O)=O)c1ccc(C)c(C)c1. The largest absolute Gasteiger partial charge is 0.495 e. The number of nitrogens with zero attached hydrogens (tertiary/aromatic N) is 1. The number of ether oxygens (including phenoxy) is 1. The standard InChI is InChI=1S/C23H32N2O4S/c1-8-20(19-11-10-16(3)17(4)14-19)24-23(26)18(5)25(30(7,27)28)21-13-15(2)9-12-22(21)29-6/h9-14,18,20H,8H2,1-7H3,(H,24,26). The molecular weight excluding hydrogens is 400 g/mol. The Morgan fingerprint density at radius 2 is 1.77 bits per heavy atom. The van der Waals surface area contributed by atoms with E-state index in [2.05, 4.69) is 11.4 Å². The number of carbonyl (C=O) groups is 1. The minimum atomic E-state index is -3.74. The number of aryl methyl sites for hydroxylation is 3. The Kier molecular flexibility index (Phi) is 7.53. The Morgan fingerprint density at radius 3 is 2.30 bits per heavy atom. The van der Waals surface area contributed by atoms with Crippen LogP contribution in [0.3, 0.4) is 0 Å². The Balaban J connectivity index is 2.38. The summed E-state index contributed by atoms with van der Waals surface area (Å²) in [5, 5.41) is 3.02. The maximum atomic E-state index is 13.1. The lowest BCUT2D eigenvalue weighted by atomic mass is 9.99. The van der Waals surface area contributed by atoms with Crippen LogP contribution >= 0.6 is 0 Å². The number of hydrogen-bond acceptors (Lipinski definition) is 4. The van der Waals surface area contributed by atoms with Gasteiger partial charge in [0.05, 0.1) is 25.1 Å². The number of nitrogens with one attached hydrogen (secondary N) is 1. The molecule has 6 nitrogen and oxygen atoms in total. The summed E-state index contributed by atoms with van der Waals surface area (Å²) in [6, 6.07) is 10.2. The van der Waals surface area contributed by atoms with E-state index in [9.17, 15) is 13.2 Å². The molecule has 1 amide bonds. The highest BCUT2D eigenvalue weighted by Gasteiger charge is 2.32. The number of rotatable bonds is 8. The van der Waals surface area contributed by atoms with Crippen LogP contribution in [0.1, 0.15) is 48.6 Å². The third-order valence-corrected chi connectivity index (χ3v) is 6.55. The Labute approximate surface area is 180 Å². The molecule has 7 heteroatoms. The minimum Gasteiger partial charge on any atom is -0.495 e. The molecule has 0 aliphatic rings. The van der Waals surface area contributed by atoms with E-state index in [0.717, 1.165) is 27.3 Å². The summed E-state index contributed by atoms with van der Waals surface area (Å²) in [5.74, 6) is 0.0286. The molecule has 2 aromatic rings. The highest BCUT2D eigenvalue weighted by molar-refractivity contribution is 7.92. The van der Waals surface area contributed by atoms with Crippen LogP contribution in [0.15, 0.2) is 36.4 Å². The maximum absolute atomic E-state index is 13.1. The predicted octanol–water partition coefficient (Wildman–Crippen LogP) is 4.04. The number of hydrogen-bond donors (Lipinski definition) is 1. The van der Waals surface area contributed by atoms with Gasteiger partial charge >= 0.3 is 0 Å². The summed E-state index contributed by atoms with van der Waals surface area (Å²) in [6.45, 7) is 9.51. The van der Waals surface area contributed by atoms with Gasteiger partial charge in [-0.3, -0.25) is 9.10 Å². The number of methoxy groups -OCH3 is 1. The fourth-order valence-corrected chi connectivity index (χ4v) is 4.62. The molecule has 2 rings (SSSR count). The summed E-state index contributed by atoms with van der Waals surface area (Å²) in [5.41, 5.74) is 4.55. The lowest BCUT2D eigenvalue weighted by Crippen LogP contribution is -2.48. The van der Waals surface area contributed by atoms with E-state index in [-0.39, 0.29) is 11.9 Å². The molecule has 0 spiro atoms. The highest BCUT2D eigenvalue weighted by Crippen LogP contribution is 2.33. The number of benzene rings is 2. The molecule has 1 N–H and O–H groups in total. The zero-order valence-corrected chi connectivity index (χ0v) is 19.6. The van der Waals surface area contributed by atoms with Crippen molar-refractivity contribution in [1.82, 2.24) is 5.32 Å². The molecule has 2 aromatic carbocycles. The van der Waals surface area contributed by atoms with Crippen molar-refractivity contribution in [2.45, 2.75) is 53.1 Å². The summed E-state index contributed by atoms with van der Waals surface area (Å²) in [4.78, 5) is 13.1. The third-order valence-electron chi connectivity index (χ3n) is 5.32. The fraction of sp³-hybridized carbons (Fsp3) is 0.435. The van der Waals surface area contributed by atoms with Crippen LogP contribution in [-0.2, 0) is 14.8 Å². The maximum Gasteiger partial charge on any atom is 0.244 e. The summed E-state index contributed by atoms with van der Waals surface area (Å²) in [6.07, 6.45) is 1.78. The first-order valence-corrected chi connectivity index (χ1v) is 11.9. The van der Waals surface area contributed by atoms with Crippen molar-refractivity contribution in [3.05, 3.63) is 58.7 Å². The average molecular weight is 433 g/mol. The fourth-order valence-electron chi connectivity index (χ4n) is 3.45. The van der Waals surface area contributed by atoms with E-state index in [1.807, 2.05) is 45.9 Å². The summed E-state index contributed by atoms with van der Waals surface area (Å²) >= 11 is 0. The van der Waals surface area contributed by atoms with Crippen molar-refractivity contribution in [1.29, 1.82) is 0 Å². The van der Waals surface area contributed by atoms with Crippen LogP contribution in [0.25, 0.3) is 0 Å². The highest BCUT2D eigenvalue weighted by atomic mass is 32.2. The molecule has 0 saturated carbocycles. The molecule has 0 radical (unpaired) electrons. The van der Waals surface area contributed by atoms with E-state index in [4.69, 9.17) is 4.74 Å². The van der Waals surface area contributed by atoms with Gasteiger partial charge < -0.3 is 10.1 Å². The minimum absolute atomic E-state index is 0.208. The van der Waals surface area contributed by atoms with E-state index in [0.29, 0.717) is 17.9 Å². The molecule has 0 bridgehead atoms. The predicted molar refractivity (Wildman–Crippen MR) is 122 cm³/mol. The van der Waals surface area contributed by atoms with Crippen LogP contribution in [0.5, 0.6) is 5.75 Å². The second kappa shape index (κ2) is 9.51. The zero-order chi connectivity index (χ0) is 22.6. The van der Waals surface area contributed by atoms with Gasteiger partial charge in [-0.25, -0.2) is 8.42 Å². The first-order chi connectivity index (χ1) is 14.0. The van der Waals surface area contributed by atoms with Gasteiger partial charge in [-0.1, -0.05) is 31.2 Å². The van der Waals surface area contributed by atoms with Gasteiger partial charge in [0.2, 0.25) is 15.9 Å². The Hall–Kier alpha value is -2.54. The van der Waals surface area contributed by atoms with Crippen LogP contribution in [0, 0.1) is 20.8 Å². The molecule has 0 aliphatic carbocycles. The van der Waals surface area contributed by atoms with E-state index in [1.165, 1.54) is 12.7 Å². The smallest absolute Gasteiger partial charge is 0.244 e. The molecular formula is C23H32N2O4S.